The lowest BCUT2D eigenvalue weighted by Crippen LogP contribution is -2.36. The average molecular weight is 333 g/mol. The van der Waals surface area contributed by atoms with Gasteiger partial charge in [-0.15, -0.1) is 6.58 Å². The number of oxime groups is 1. The molecule has 21 heavy (non-hydrogen) atoms. The first-order valence-corrected chi connectivity index (χ1v) is 7.90. The number of amides is 1. The van der Waals surface area contributed by atoms with Crippen LogP contribution in [0.4, 0.5) is 5.69 Å². The molecular weight excluding hydrogens is 316 g/mol. The fourth-order valence-corrected chi connectivity index (χ4v) is 3.01. The molecule has 0 saturated heterocycles. The summed E-state index contributed by atoms with van der Waals surface area (Å²) in [5, 5.41) is 12.1. The van der Waals surface area contributed by atoms with Gasteiger partial charge < -0.3 is 10.2 Å². The van der Waals surface area contributed by atoms with Crippen LogP contribution in [0.25, 0.3) is 0 Å². The Morgan fingerprint density at radius 3 is 2.95 bits per heavy atom. The van der Waals surface area contributed by atoms with Crippen molar-refractivity contribution in [1.82, 2.24) is 10.2 Å². The number of rotatable bonds is 8. The molecule has 0 aliphatic carbocycles. The molecule has 0 aliphatic heterocycles. The monoisotopic (exact) mass is 332 g/mol. The average Bonchev–Trinajstić information content (AvgIpc) is 2.84. The summed E-state index contributed by atoms with van der Waals surface area (Å²) in [5.74, 6) is -0.273. The molecule has 1 aromatic heterocycles. The van der Waals surface area contributed by atoms with Crippen LogP contribution in [-0.2, 0) is 20.4 Å². The van der Waals surface area contributed by atoms with Crippen LogP contribution in [0.15, 0.2) is 24.0 Å². The van der Waals surface area contributed by atoms with Gasteiger partial charge in [0.1, 0.15) is 12.3 Å². The summed E-state index contributed by atoms with van der Waals surface area (Å²) in [7, 11) is 0.0109. The number of halogens is 1. The summed E-state index contributed by atoms with van der Waals surface area (Å²) < 4.78 is 12.1. The number of anilines is 1. The Morgan fingerprint density at radius 2 is 2.48 bits per heavy atom. The summed E-state index contributed by atoms with van der Waals surface area (Å²) in [6, 6.07) is 0. The molecule has 2 N–H and O–H groups in total. The maximum Gasteiger partial charge on any atom is 0.274 e. The molecule has 2 unspecified atom stereocenters. The van der Waals surface area contributed by atoms with E-state index in [-0.39, 0.29) is 16.6 Å². The molecule has 9 heteroatoms. The largest absolute Gasteiger partial charge is 0.399 e. The van der Waals surface area contributed by atoms with Crippen molar-refractivity contribution < 1.29 is 13.8 Å². The van der Waals surface area contributed by atoms with E-state index in [2.05, 4.69) is 27.2 Å². The molecule has 2 atom stereocenters. The molecule has 1 amide bonds. The number of carbonyl (C=O) groups excluding carboxylic acids is 1. The zero-order valence-electron chi connectivity index (χ0n) is 11.8. The second kappa shape index (κ2) is 8.58. The van der Waals surface area contributed by atoms with Crippen molar-refractivity contribution in [2.24, 2.45) is 5.16 Å². The van der Waals surface area contributed by atoms with Gasteiger partial charge in [0.05, 0.1) is 17.1 Å². The van der Waals surface area contributed by atoms with Crippen LogP contribution < -0.4 is 5.32 Å². The minimum atomic E-state index is -1.31. The van der Waals surface area contributed by atoms with Crippen LogP contribution >= 0.6 is 11.6 Å². The van der Waals surface area contributed by atoms with Gasteiger partial charge in [-0.05, 0) is 6.42 Å². The Balaban J connectivity index is 2.97. The fraction of sp³-hybridized carbons (Fsp3) is 0.417. The van der Waals surface area contributed by atoms with Crippen molar-refractivity contribution >= 4 is 39.7 Å². The first-order chi connectivity index (χ1) is 10.0. The number of carbonyl (C=O) groups is 1. The highest BCUT2D eigenvalue weighted by Gasteiger charge is 2.28. The minimum absolute atomic E-state index is 0.0393. The lowest BCUT2D eigenvalue weighted by Gasteiger charge is -2.15. The van der Waals surface area contributed by atoms with Gasteiger partial charge in [-0.1, -0.05) is 29.8 Å². The summed E-state index contributed by atoms with van der Waals surface area (Å²) in [6.45, 7) is 5.36. The highest BCUT2D eigenvalue weighted by Crippen LogP contribution is 2.18. The number of H-pyrrole nitrogens is 1. The van der Waals surface area contributed by atoms with Crippen LogP contribution in [0.5, 0.6) is 0 Å². The zero-order valence-corrected chi connectivity index (χ0v) is 13.3. The normalized spacial score (nSPS) is 14.3. The van der Waals surface area contributed by atoms with Crippen LogP contribution in [0.1, 0.15) is 13.3 Å². The Bertz CT molecular complexity index is 558. The molecular formula is C12H17ClN4O3S. The summed E-state index contributed by atoms with van der Waals surface area (Å²) in [6.07, 6.45) is 3.37. The van der Waals surface area contributed by atoms with Crippen molar-refractivity contribution in [3.05, 3.63) is 24.0 Å². The lowest BCUT2D eigenvalue weighted by atomic mass is 10.2. The van der Waals surface area contributed by atoms with Crippen molar-refractivity contribution in [3.63, 3.8) is 0 Å². The first-order valence-electron chi connectivity index (χ1n) is 6.14. The third-order valence-corrected chi connectivity index (χ3v) is 4.58. The highest BCUT2D eigenvalue weighted by molar-refractivity contribution is 7.86. The smallest absolute Gasteiger partial charge is 0.274 e. The van der Waals surface area contributed by atoms with Gasteiger partial charge in [-0.25, -0.2) is 0 Å². The van der Waals surface area contributed by atoms with Gasteiger partial charge in [0.2, 0.25) is 0 Å². The molecule has 1 heterocycles. The van der Waals surface area contributed by atoms with E-state index < -0.39 is 22.0 Å². The second-order valence-corrected chi connectivity index (χ2v) is 5.99. The van der Waals surface area contributed by atoms with E-state index in [0.717, 1.165) is 0 Å². The number of aromatic amines is 1. The molecule has 0 fully saturated rings. The van der Waals surface area contributed by atoms with E-state index in [0.29, 0.717) is 12.1 Å². The maximum absolute atomic E-state index is 12.3. The zero-order chi connectivity index (χ0) is 15.8. The predicted molar refractivity (Wildman–Crippen MR) is 84.0 cm³/mol. The molecule has 1 rings (SSSR count). The Hall–Kier alpha value is -1.67. The molecule has 0 bridgehead atoms. The lowest BCUT2D eigenvalue weighted by molar-refractivity contribution is -0.110. The van der Waals surface area contributed by atoms with E-state index >= 15 is 0 Å². The van der Waals surface area contributed by atoms with E-state index in [9.17, 15) is 9.00 Å². The maximum atomic E-state index is 12.3. The summed E-state index contributed by atoms with van der Waals surface area (Å²) in [4.78, 5) is 17.0. The first kappa shape index (κ1) is 17.4. The number of aromatic nitrogens is 2. The van der Waals surface area contributed by atoms with Gasteiger partial charge in [-0.2, -0.15) is 5.10 Å². The van der Waals surface area contributed by atoms with E-state index in [1.165, 1.54) is 19.4 Å². The van der Waals surface area contributed by atoms with Gasteiger partial charge in [0.15, 0.2) is 5.71 Å². The quantitative estimate of drug-likeness (QED) is 0.430. The van der Waals surface area contributed by atoms with Crippen molar-refractivity contribution in [3.8, 4) is 0 Å². The molecule has 0 aliphatic rings. The predicted octanol–water partition coefficient (Wildman–Crippen LogP) is 1.72. The van der Waals surface area contributed by atoms with Crippen molar-refractivity contribution in [2.75, 3.05) is 18.2 Å². The molecule has 0 spiro atoms. The van der Waals surface area contributed by atoms with Gasteiger partial charge in [-0.3, -0.25) is 14.1 Å². The topological polar surface area (TPSA) is 96.4 Å². The van der Waals surface area contributed by atoms with E-state index in [4.69, 9.17) is 16.4 Å². The highest BCUT2D eigenvalue weighted by atomic mass is 35.5. The van der Waals surface area contributed by atoms with Crippen molar-refractivity contribution in [2.45, 2.75) is 18.6 Å². The van der Waals surface area contributed by atoms with Gasteiger partial charge in [0.25, 0.3) is 5.91 Å². The molecule has 7 nitrogen and oxygen atoms in total. The SMILES string of the molecule is C=CCS(=O)C(CC)C(=NOC)C(=O)Nc1cn[nH]c1Cl. The van der Waals surface area contributed by atoms with Crippen LogP contribution in [0.2, 0.25) is 5.15 Å². The molecule has 0 radical (unpaired) electrons. The Kier molecular flexibility index (Phi) is 7.10. The summed E-state index contributed by atoms with van der Waals surface area (Å²) in [5.41, 5.74) is 0.354. The number of nitrogens with one attached hydrogen (secondary N) is 2. The van der Waals surface area contributed by atoms with E-state index in [1.54, 1.807) is 0 Å². The second-order valence-electron chi connectivity index (χ2n) is 3.94. The minimum Gasteiger partial charge on any atom is -0.399 e. The number of nitrogens with zero attached hydrogens (tertiary/aromatic N) is 2. The number of hydrogen-bond donors (Lipinski definition) is 2. The number of hydrogen-bond acceptors (Lipinski definition) is 5. The molecule has 1 aromatic rings. The summed E-state index contributed by atoms with van der Waals surface area (Å²) >= 11 is 5.81. The third-order valence-electron chi connectivity index (χ3n) is 2.54. The molecule has 0 aromatic carbocycles. The van der Waals surface area contributed by atoms with Crippen LogP contribution in [0.3, 0.4) is 0 Å². The molecule has 0 saturated carbocycles. The Morgan fingerprint density at radius 1 is 1.76 bits per heavy atom. The van der Waals surface area contributed by atoms with Crippen molar-refractivity contribution in [1.29, 1.82) is 0 Å². The third kappa shape index (κ3) is 4.68. The van der Waals surface area contributed by atoms with Crippen LogP contribution in [-0.4, -0.2) is 44.1 Å². The van der Waals surface area contributed by atoms with E-state index in [1.807, 2.05) is 6.92 Å². The molecule has 116 valence electrons. The van der Waals surface area contributed by atoms with Gasteiger partial charge >= 0.3 is 0 Å². The Labute approximate surface area is 130 Å². The van der Waals surface area contributed by atoms with Crippen LogP contribution in [0, 0.1) is 0 Å². The van der Waals surface area contributed by atoms with Gasteiger partial charge in [0, 0.05) is 16.6 Å². The fourth-order valence-electron chi connectivity index (χ4n) is 1.62. The standard InChI is InChI=1S/C12H17ClN4O3S/c1-4-6-21(19)9(5-2)10(17-20-3)12(18)15-8-7-14-16-11(8)13/h4,7,9H,1,5-6H2,2-3H3,(H,14,16)(H,15,18).